The van der Waals surface area contributed by atoms with Gasteiger partial charge in [0.1, 0.15) is 18.1 Å². The van der Waals surface area contributed by atoms with Crippen LogP contribution in [0.2, 0.25) is 0 Å². The Morgan fingerprint density at radius 2 is 1.10 bits per heavy atom. The predicted octanol–water partition coefficient (Wildman–Crippen LogP) is -4.10. The number of carboxylic acids is 3. The van der Waals surface area contributed by atoms with Crippen LogP contribution in [0, 0.1) is 0 Å². The number of aliphatic carboxylic acids is 3. The van der Waals surface area contributed by atoms with Crippen LogP contribution in [0.25, 0.3) is 0 Å². The number of hydrogen-bond donors (Lipinski definition) is 10. The average Bonchev–Trinajstić information content (AvgIpc) is 2.83. The lowest BCUT2D eigenvalue weighted by molar-refractivity contribution is -0.143. The summed E-state index contributed by atoms with van der Waals surface area (Å²) in [5.41, 5.74) is 21.2. The van der Waals surface area contributed by atoms with E-state index in [4.69, 9.17) is 33.1 Å². The van der Waals surface area contributed by atoms with Crippen molar-refractivity contribution in [2.45, 2.75) is 75.5 Å². The number of primary amides is 1. The van der Waals surface area contributed by atoms with Crippen LogP contribution >= 0.6 is 0 Å². The molecule has 0 heterocycles. The monoisotopic (exact) mass is 560 g/mol. The molecule has 18 nitrogen and oxygen atoms in total. The molecule has 18 heteroatoms. The van der Waals surface area contributed by atoms with Gasteiger partial charge in [-0.1, -0.05) is 0 Å². The van der Waals surface area contributed by atoms with E-state index in [1.807, 2.05) is 0 Å². The highest BCUT2D eigenvalue weighted by atomic mass is 16.4. The standard InChI is InChI=1S/C21H36N8O10/c22-10(3-7-15(31)32)17(35)27-11(2-1-9-26-21(24)25)18(36)28-12(5-8-16(33)34)19(37)29-13(20(38)39)4-6-14(23)30/h10-13H,1-9,22H2,(H2,23,30)(H,27,35)(H,28,36)(H,29,37)(H,31,32)(H,33,34)(H,38,39)(H4,24,25,26). The molecule has 0 spiro atoms. The molecule has 4 unspecified atom stereocenters. The number of nitrogens with zero attached hydrogens (tertiary/aromatic N) is 1. The molecule has 0 rings (SSSR count). The topological polar surface area (TPSA) is 333 Å². The maximum atomic E-state index is 13.0. The van der Waals surface area contributed by atoms with Gasteiger partial charge in [0.05, 0.1) is 6.04 Å². The molecule has 0 aromatic heterocycles. The summed E-state index contributed by atoms with van der Waals surface area (Å²) in [6, 6.07) is -5.70. The van der Waals surface area contributed by atoms with Gasteiger partial charge in [-0.3, -0.25) is 33.8 Å². The normalized spacial score (nSPS) is 13.6. The van der Waals surface area contributed by atoms with E-state index in [2.05, 4.69) is 20.9 Å². The van der Waals surface area contributed by atoms with E-state index in [-0.39, 0.29) is 44.6 Å². The summed E-state index contributed by atoms with van der Waals surface area (Å²) in [6.07, 6.45) is -2.28. The van der Waals surface area contributed by atoms with Crippen molar-refractivity contribution in [3.8, 4) is 0 Å². The number of carbonyl (C=O) groups excluding carboxylic acids is 4. The summed E-state index contributed by atoms with van der Waals surface area (Å²) in [5, 5.41) is 33.9. The first-order valence-corrected chi connectivity index (χ1v) is 11.8. The molecule has 0 saturated heterocycles. The summed E-state index contributed by atoms with van der Waals surface area (Å²) >= 11 is 0. The van der Waals surface area contributed by atoms with Gasteiger partial charge in [-0.05, 0) is 32.1 Å². The molecule has 0 aromatic carbocycles. The molecule has 14 N–H and O–H groups in total. The van der Waals surface area contributed by atoms with Crippen molar-refractivity contribution in [3.63, 3.8) is 0 Å². The molecule has 4 atom stereocenters. The van der Waals surface area contributed by atoms with Gasteiger partial charge in [0.2, 0.25) is 23.6 Å². The number of aliphatic imine (C=N–C) groups is 1. The molecule has 4 amide bonds. The van der Waals surface area contributed by atoms with Crippen molar-refractivity contribution < 1.29 is 48.9 Å². The SMILES string of the molecule is NC(=O)CCC(NC(=O)C(CCC(=O)O)NC(=O)C(CCCN=C(N)N)NC(=O)C(N)CCC(=O)O)C(=O)O. The fourth-order valence-corrected chi connectivity index (χ4v) is 3.09. The van der Waals surface area contributed by atoms with Crippen LogP contribution < -0.4 is 38.9 Å². The van der Waals surface area contributed by atoms with E-state index in [9.17, 15) is 38.7 Å². The quantitative estimate of drug-likeness (QED) is 0.0385. The third-order valence-corrected chi connectivity index (χ3v) is 5.16. The molecule has 0 aliphatic rings. The van der Waals surface area contributed by atoms with Gasteiger partial charge < -0.3 is 54.2 Å². The average molecular weight is 561 g/mol. The Labute approximate surface area is 222 Å². The van der Waals surface area contributed by atoms with Gasteiger partial charge in [-0.25, -0.2) is 4.79 Å². The number of carboxylic acid groups (broad SMARTS) is 3. The fourth-order valence-electron chi connectivity index (χ4n) is 3.09. The lowest BCUT2D eigenvalue weighted by Gasteiger charge is -2.25. The highest BCUT2D eigenvalue weighted by molar-refractivity contribution is 5.94. The van der Waals surface area contributed by atoms with E-state index < -0.39 is 85.0 Å². The zero-order valence-corrected chi connectivity index (χ0v) is 21.1. The summed E-state index contributed by atoms with van der Waals surface area (Å²) in [4.78, 5) is 86.3. The van der Waals surface area contributed by atoms with Crippen LogP contribution in [-0.4, -0.2) is 93.5 Å². The zero-order chi connectivity index (χ0) is 30.1. The maximum absolute atomic E-state index is 13.0. The van der Waals surface area contributed by atoms with Crippen molar-refractivity contribution in [2.24, 2.45) is 27.9 Å². The van der Waals surface area contributed by atoms with Gasteiger partial charge >= 0.3 is 17.9 Å². The van der Waals surface area contributed by atoms with Gasteiger partial charge in [0, 0.05) is 25.8 Å². The number of amides is 4. The fraction of sp³-hybridized carbons (Fsp3) is 0.619. The minimum Gasteiger partial charge on any atom is -0.481 e. The third kappa shape index (κ3) is 16.1. The van der Waals surface area contributed by atoms with Crippen LogP contribution in [0.4, 0.5) is 0 Å². The number of nitrogens with one attached hydrogen (secondary N) is 3. The predicted molar refractivity (Wildman–Crippen MR) is 133 cm³/mol. The lowest BCUT2D eigenvalue weighted by Crippen LogP contribution is -2.57. The molecule has 0 fully saturated rings. The van der Waals surface area contributed by atoms with Crippen molar-refractivity contribution in [1.82, 2.24) is 16.0 Å². The summed E-state index contributed by atoms with van der Waals surface area (Å²) in [5.74, 6) is -7.87. The summed E-state index contributed by atoms with van der Waals surface area (Å²) in [6.45, 7) is 0.0656. The first kappa shape index (κ1) is 34.5. The van der Waals surface area contributed by atoms with Crippen LogP contribution in [0.5, 0.6) is 0 Å². The number of nitrogens with two attached hydrogens (primary N) is 4. The number of hydrogen-bond acceptors (Lipinski definition) is 9. The van der Waals surface area contributed by atoms with E-state index in [1.165, 1.54) is 0 Å². The number of rotatable bonds is 20. The van der Waals surface area contributed by atoms with Crippen LogP contribution in [0.15, 0.2) is 4.99 Å². The molecule has 0 bridgehead atoms. The molecule has 0 saturated carbocycles. The molecule has 220 valence electrons. The molecular weight excluding hydrogens is 524 g/mol. The van der Waals surface area contributed by atoms with Crippen LogP contribution in [-0.2, 0) is 33.6 Å². The summed E-state index contributed by atoms with van der Waals surface area (Å²) < 4.78 is 0. The molecule has 0 aromatic rings. The highest BCUT2D eigenvalue weighted by Gasteiger charge is 2.30. The third-order valence-electron chi connectivity index (χ3n) is 5.16. The maximum Gasteiger partial charge on any atom is 0.326 e. The van der Waals surface area contributed by atoms with E-state index >= 15 is 0 Å². The molecule has 0 aliphatic carbocycles. The Morgan fingerprint density at radius 1 is 0.641 bits per heavy atom. The Hall–Kier alpha value is -4.48. The first-order chi connectivity index (χ1) is 18.1. The van der Waals surface area contributed by atoms with Crippen molar-refractivity contribution >= 4 is 47.5 Å². The largest absolute Gasteiger partial charge is 0.481 e. The number of guanidine groups is 1. The second kappa shape index (κ2) is 17.9. The lowest BCUT2D eigenvalue weighted by atomic mass is 10.1. The van der Waals surface area contributed by atoms with Crippen molar-refractivity contribution in [1.29, 1.82) is 0 Å². The van der Waals surface area contributed by atoms with E-state index in [1.54, 1.807) is 0 Å². The minimum atomic E-state index is -1.56. The van der Waals surface area contributed by atoms with Gasteiger partial charge in [-0.15, -0.1) is 0 Å². The van der Waals surface area contributed by atoms with Crippen molar-refractivity contribution in [2.75, 3.05) is 6.54 Å². The Bertz CT molecular complexity index is 938. The summed E-state index contributed by atoms with van der Waals surface area (Å²) in [7, 11) is 0. The van der Waals surface area contributed by atoms with E-state index in [0.717, 1.165) is 0 Å². The second-order valence-corrected chi connectivity index (χ2v) is 8.45. The first-order valence-electron chi connectivity index (χ1n) is 11.8. The number of carbonyl (C=O) groups is 7. The van der Waals surface area contributed by atoms with Crippen LogP contribution in [0.1, 0.15) is 51.4 Å². The minimum absolute atomic E-state index is 0.0656. The van der Waals surface area contributed by atoms with E-state index in [0.29, 0.717) is 0 Å². The zero-order valence-electron chi connectivity index (χ0n) is 21.1. The Balaban J connectivity index is 5.71. The van der Waals surface area contributed by atoms with Crippen molar-refractivity contribution in [3.05, 3.63) is 0 Å². The molecule has 0 radical (unpaired) electrons. The van der Waals surface area contributed by atoms with Gasteiger partial charge in [0.15, 0.2) is 5.96 Å². The van der Waals surface area contributed by atoms with Gasteiger partial charge in [-0.2, -0.15) is 0 Å². The second-order valence-electron chi connectivity index (χ2n) is 8.45. The Kier molecular flexibility index (Phi) is 15.8. The molecule has 0 aliphatic heterocycles. The Morgan fingerprint density at radius 3 is 1.59 bits per heavy atom. The molecule has 39 heavy (non-hydrogen) atoms. The molecular formula is C21H36N8O10. The smallest absolute Gasteiger partial charge is 0.326 e. The highest BCUT2D eigenvalue weighted by Crippen LogP contribution is 2.06. The van der Waals surface area contributed by atoms with Crippen LogP contribution in [0.3, 0.4) is 0 Å². The van der Waals surface area contributed by atoms with Gasteiger partial charge in [0.25, 0.3) is 0 Å².